The summed E-state index contributed by atoms with van der Waals surface area (Å²) >= 11 is 0. The molecular formula is C13H21N3O4. The number of rotatable bonds is 6. The van der Waals surface area contributed by atoms with Crippen molar-refractivity contribution in [3.63, 3.8) is 0 Å². The Morgan fingerprint density at radius 3 is 3.00 bits per heavy atom. The van der Waals surface area contributed by atoms with Gasteiger partial charge in [0, 0.05) is 6.61 Å². The van der Waals surface area contributed by atoms with Crippen molar-refractivity contribution in [1.29, 1.82) is 0 Å². The number of nitrogens with zero attached hydrogens (tertiary/aromatic N) is 3. The lowest BCUT2D eigenvalue weighted by atomic mass is 10.2. The topological polar surface area (TPSA) is 75.5 Å². The van der Waals surface area contributed by atoms with Gasteiger partial charge < -0.3 is 14.2 Å². The number of hydrogen-bond donors (Lipinski definition) is 0. The van der Waals surface area contributed by atoms with Crippen molar-refractivity contribution in [2.24, 2.45) is 0 Å². The molecule has 0 bridgehead atoms. The smallest absolute Gasteiger partial charge is 0.360 e. The van der Waals surface area contributed by atoms with E-state index in [1.807, 2.05) is 6.92 Å². The van der Waals surface area contributed by atoms with Crippen molar-refractivity contribution in [3.05, 3.63) is 11.4 Å². The van der Waals surface area contributed by atoms with Gasteiger partial charge in [0.05, 0.1) is 26.0 Å². The van der Waals surface area contributed by atoms with Crippen LogP contribution in [0.4, 0.5) is 0 Å². The summed E-state index contributed by atoms with van der Waals surface area (Å²) in [4.78, 5) is 11.5. The van der Waals surface area contributed by atoms with Crippen LogP contribution in [0.25, 0.3) is 0 Å². The monoisotopic (exact) mass is 283 g/mol. The van der Waals surface area contributed by atoms with E-state index in [2.05, 4.69) is 15.0 Å². The van der Waals surface area contributed by atoms with Crippen LogP contribution >= 0.6 is 0 Å². The van der Waals surface area contributed by atoms with Gasteiger partial charge in [-0.1, -0.05) is 12.1 Å². The van der Waals surface area contributed by atoms with Crippen LogP contribution in [0.15, 0.2) is 0 Å². The third-order valence-corrected chi connectivity index (χ3v) is 3.30. The molecule has 2 rings (SSSR count). The maximum Gasteiger partial charge on any atom is 0.360 e. The Bertz CT molecular complexity index is 441. The first-order valence-electron chi connectivity index (χ1n) is 7.00. The van der Waals surface area contributed by atoms with Crippen LogP contribution in [0.1, 0.15) is 42.4 Å². The number of methoxy groups -OCH3 is 1. The van der Waals surface area contributed by atoms with Gasteiger partial charge >= 0.3 is 5.97 Å². The lowest BCUT2D eigenvalue weighted by molar-refractivity contribution is -0.163. The molecule has 0 spiro atoms. The Labute approximate surface area is 118 Å². The van der Waals surface area contributed by atoms with Gasteiger partial charge in [-0.15, -0.1) is 5.10 Å². The Morgan fingerprint density at radius 2 is 2.35 bits per heavy atom. The quantitative estimate of drug-likeness (QED) is 0.729. The first kappa shape index (κ1) is 14.9. The van der Waals surface area contributed by atoms with Crippen molar-refractivity contribution < 1.29 is 19.0 Å². The molecule has 0 aliphatic carbocycles. The molecule has 112 valence electrons. The van der Waals surface area contributed by atoms with Gasteiger partial charge in [-0.25, -0.2) is 9.48 Å². The summed E-state index contributed by atoms with van der Waals surface area (Å²) in [7, 11) is 1.34. The molecule has 1 aromatic heterocycles. The summed E-state index contributed by atoms with van der Waals surface area (Å²) < 4.78 is 17.5. The van der Waals surface area contributed by atoms with E-state index in [1.165, 1.54) is 7.11 Å². The SMILES string of the molecule is CCc1c(C(=O)OC)nnn1CCOC1CCCCO1. The zero-order chi connectivity index (χ0) is 14.4. The maximum absolute atomic E-state index is 11.5. The third-order valence-electron chi connectivity index (χ3n) is 3.30. The zero-order valence-electron chi connectivity index (χ0n) is 12.0. The molecule has 1 aromatic rings. The normalized spacial score (nSPS) is 19.0. The molecule has 1 unspecified atom stereocenters. The number of carbonyl (C=O) groups is 1. The largest absolute Gasteiger partial charge is 0.464 e. The van der Waals surface area contributed by atoms with E-state index in [-0.39, 0.29) is 12.0 Å². The fourth-order valence-corrected chi connectivity index (χ4v) is 2.23. The summed E-state index contributed by atoms with van der Waals surface area (Å²) in [5.74, 6) is -0.454. The van der Waals surface area contributed by atoms with Gasteiger partial charge in [0.25, 0.3) is 0 Å². The van der Waals surface area contributed by atoms with Crippen LogP contribution in [-0.4, -0.2) is 47.6 Å². The van der Waals surface area contributed by atoms with E-state index >= 15 is 0 Å². The molecular weight excluding hydrogens is 262 g/mol. The van der Waals surface area contributed by atoms with E-state index in [9.17, 15) is 4.79 Å². The van der Waals surface area contributed by atoms with E-state index < -0.39 is 5.97 Å². The predicted octanol–water partition coefficient (Wildman–Crippen LogP) is 1.17. The highest BCUT2D eigenvalue weighted by molar-refractivity contribution is 5.88. The molecule has 1 saturated heterocycles. The van der Waals surface area contributed by atoms with Crippen LogP contribution in [0, 0.1) is 0 Å². The fraction of sp³-hybridized carbons (Fsp3) is 0.769. The van der Waals surface area contributed by atoms with Crippen molar-refractivity contribution >= 4 is 5.97 Å². The minimum atomic E-state index is -0.454. The van der Waals surface area contributed by atoms with Crippen LogP contribution in [0.2, 0.25) is 0 Å². The van der Waals surface area contributed by atoms with Crippen molar-refractivity contribution in [3.8, 4) is 0 Å². The molecule has 1 aliphatic heterocycles. The number of esters is 1. The van der Waals surface area contributed by atoms with Gasteiger partial charge in [0.2, 0.25) is 0 Å². The van der Waals surface area contributed by atoms with Crippen LogP contribution in [0.3, 0.4) is 0 Å². The molecule has 0 saturated carbocycles. The molecule has 1 fully saturated rings. The average molecular weight is 283 g/mol. The molecule has 0 amide bonds. The molecule has 0 aromatic carbocycles. The second kappa shape index (κ2) is 7.35. The Balaban J connectivity index is 1.88. The predicted molar refractivity (Wildman–Crippen MR) is 70.3 cm³/mol. The molecule has 1 aliphatic rings. The minimum Gasteiger partial charge on any atom is -0.464 e. The number of ether oxygens (including phenoxy) is 3. The lowest BCUT2D eigenvalue weighted by Crippen LogP contribution is -2.24. The first-order valence-corrected chi connectivity index (χ1v) is 7.00. The van der Waals surface area contributed by atoms with E-state index in [0.29, 0.717) is 19.6 Å². The highest BCUT2D eigenvalue weighted by Gasteiger charge is 2.19. The molecule has 7 heteroatoms. The first-order chi connectivity index (χ1) is 9.76. The standard InChI is InChI=1S/C13H21N3O4/c1-3-10-12(13(17)18-2)14-15-16(10)7-9-20-11-6-4-5-8-19-11/h11H,3-9H2,1-2H3. The van der Waals surface area contributed by atoms with Crippen LogP contribution in [0.5, 0.6) is 0 Å². The number of hydrogen-bond acceptors (Lipinski definition) is 6. The van der Waals surface area contributed by atoms with Gasteiger partial charge in [-0.05, 0) is 25.7 Å². The Morgan fingerprint density at radius 1 is 1.50 bits per heavy atom. The van der Waals surface area contributed by atoms with Gasteiger partial charge in [-0.2, -0.15) is 0 Å². The molecule has 0 radical (unpaired) electrons. The number of carbonyl (C=O) groups excluding carboxylic acids is 1. The molecule has 0 N–H and O–H groups in total. The summed E-state index contributed by atoms with van der Waals surface area (Å²) in [5.41, 5.74) is 1.05. The Kier molecular flexibility index (Phi) is 5.49. The minimum absolute atomic E-state index is 0.113. The fourth-order valence-electron chi connectivity index (χ4n) is 2.23. The Hall–Kier alpha value is -1.47. The number of aromatic nitrogens is 3. The third kappa shape index (κ3) is 3.55. The zero-order valence-corrected chi connectivity index (χ0v) is 12.0. The summed E-state index contributed by atoms with van der Waals surface area (Å²) in [5, 5.41) is 7.86. The summed E-state index contributed by atoms with van der Waals surface area (Å²) in [6.07, 6.45) is 3.73. The lowest BCUT2D eigenvalue weighted by Gasteiger charge is -2.22. The summed E-state index contributed by atoms with van der Waals surface area (Å²) in [6.45, 7) is 3.75. The van der Waals surface area contributed by atoms with Gasteiger partial charge in [0.1, 0.15) is 0 Å². The van der Waals surface area contributed by atoms with Gasteiger partial charge in [0.15, 0.2) is 12.0 Å². The average Bonchev–Trinajstić information content (AvgIpc) is 2.90. The van der Waals surface area contributed by atoms with Crippen molar-refractivity contribution in [1.82, 2.24) is 15.0 Å². The highest BCUT2D eigenvalue weighted by Crippen LogP contribution is 2.14. The molecule has 2 heterocycles. The van der Waals surface area contributed by atoms with Crippen molar-refractivity contribution in [2.45, 2.75) is 45.4 Å². The molecule has 1 atom stereocenters. The van der Waals surface area contributed by atoms with Crippen LogP contribution < -0.4 is 0 Å². The van der Waals surface area contributed by atoms with Crippen molar-refractivity contribution in [2.75, 3.05) is 20.3 Å². The second-order valence-electron chi connectivity index (χ2n) is 4.62. The van der Waals surface area contributed by atoms with E-state index in [1.54, 1.807) is 4.68 Å². The summed E-state index contributed by atoms with van der Waals surface area (Å²) in [6, 6.07) is 0. The molecule has 7 nitrogen and oxygen atoms in total. The second-order valence-corrected chi connectivity index (χ2v) is 4.62. The van der Waals surface area contributed by atoms with E-state index in [4.69, 9.17) is 9.47 Å². The highest BCUT2D eigenvalue weighted by atomic mass is 16.7. The van der Waals surface area contributed by atoms with Crippen LogP contribution in [-0.2, 0) is 27.2 Å². The van der Waals surface area contributed by atoms with E-state index in [0.717, 1.165) is 31.6 Å². The van der Waals surface area contributed by atoms with Gasteiger partial charge in [-0.3, -0.25) is 0 Å². The maximum atomic E-state index is 11.5. The molecule has 20 heavy (non-hydrogen) atoms.